The van der Waals surface area contributed by atoms with Crippen molar-refractivity contribution in [2.75, 3.05) is 20.7 Å². The van der Waals surface area contributed by atoms with Crippen molar-refractivity contribution in [3.8, 4) is 11.5 Å². The van der Waals surface area contributed by atoms with Gasteiger partial charge in [0, 0.05) is 25.2 Å². The van der Waals surface area contributed by atoms with Gasteiger partial charge < -0.3 is 14.4 Å². The summed E-state index contributed by atoms with van der Waals surface area (Å²) in [4.78, 5) is 26.4. The largest absolute Gasteiger partial charge is 0.490 e. The highest BCUT2D eigenvalue weighted by atomic mass is 16.5. The van der Waals surface area contributed by atoms with Crippen molar-refractivity contribution in [3.05, 3.63) is 64.7 Å². The molecule has 152 valence electrons. The van der Waals surface area contributed by atoms with Gasteiger partial charge in [-0.3, -0.25) is 9.59 Å². The molecule has 1 atom stereocenters. The van der Waals surface area contributed by atoms with Gasteiger partial charge >= 0.3 is 0 Å². The van der Waals surface area contributed by atoms with Crippen molar-refractivity contribution in [3.63, 3.8) is 0 Å². The number of hydrogen-bond acceptors (Lipinski definition) is 4. The number of likely N-dealkylation sites (N-methyl/N-ethyl adjacent to an activating group) is 1. The van der Waals surface area contributed by atoms with Crippen molar-refractivity contribution >= 4 is 17.8 Å². The van der Waals surface area contributed by atoms with Crippen LogP contribution in [0.4, 0.5) is 0 Å². The number of carbonyl (C=O) groups is 2. The third kappa shape index (κ3) is 4.67. The number of allylic oxidation sites excluding steroid dienone is 1. The van der Waals surface area contributed by atoms with E-state index in [4.69, 9.17) is 9.47 Å². The number of amides is 1. The average Bonchev–Trinajstić information content (AvgIpc) is 2.71. The van der Waals surface area contributed by atoms with Crippen LogP contribution in [0.15, 0.2) is 48.0 Å². The van der Waals surface area contributed by atoms with E-state index in [1.807, 2.05) is 49.4 Å². The van der Waals surface area contributed by atoms with E-state index in [9.17, 15) is 9.59 Å². The predicted octanol–water partition coefficient (Wildman–Crippen LogP) is 4.15. The van der Waals surface area contributed by atoms with Crippen LogP contribution < -0.4 is 9.47 Å². The van der Waals surface area contributed by atoms with Crippen molar-refractivity contribution in [1.82, 2.24) is 4.90 Å². The van der Waals surface area contributed by atoms with Gasteiger partial charge in [-0.05, 0) is 56.0 Å². The average molecular weight is 393 g/mol. The number of hydrogen-bond donors (Lipinski definition) is 0. The Bertz CT molecular complexity index is 946. The van der Waals surface area contributed by atoms with E-state index >= 15 is 0 Å². The molecule has 1 aliphatic rings. The summed E-state index contributed by atoms with van der Waals surface area (Å²) in [6.45, 7) is 4.08. The van der Waals surface area contributed by atoms with Crippen LogP contribution in [-0.2, 0) is 11.2 Å². The number of ether oxygens (including phenoxy) is 2. The van der Waals surface area contributed by atoms with Crippen LogP contribution in [-0.4, -0.2) is 43.4 Å². The zero-order valence-electron chi connectivity index (χ0n) is 17.4. The lowest BCUT2D eigenvalue weighted by molar-refractivity contribution is -0.135. The van der Waals surface area contributed by atoms with Gasteiger partial charge in [-0.1, -0.05) is 30.3 Å². The number of aryl methyl sites for hydroxylation is 1. The van der Waals surface area contributed by atoms with Crippen molar-refractivity contribution in [2.24, 2.45) is 0 Å². The monoisotopic (exact) mass is 393 g/mol. The molecule has 0 saturated carbocycles. The van der Waals surface area contributed by atoms with Crippen molar-refractivity contribution in [1.29, 1.82) is 0 Å². The van der Waals surface area contributed by atoms with E-state index < -0.39 is 6.10 Å². The van der Waals surface area contributed by atoms with Crippen LogP contribution in [0.5, 0.6) is 11.5 Å². The third-order valence-electron chi connectivity index (χ3n) is 4.92. The maximum atomic E-state index is 12.8. The molecule has 0 spiro atoms. The Morgan fingerprint density at radius 2 is 1.90 bits per heavy atom. The number of Topliss-reactive ketones (excluding diaryl/α,β-unsaturated/α-hetero) is 1. The van der Waals surface area contributed by atoms with E-state index in [1.165, 1.54) is 4.90 Å². The summed E-state index contributed by atoms with van der Waals surface area (Å²) in [5.41, 5.74) is 3.55. The molecule has 0 saturated heterocycles. The van der Waals surface area contributed by atoms with Gasteiger partial charge in [-0.25, -0.2) is 0 Å². The fourth-order valence-electron chi connectivity index (χ4n) is 3.44. The number of nitrogens with zero attached hydrogens (tertiary/aromatic N) is 1. The number of rotatable bonds is 6. The fourth-order valence-corrected chi connectivity index (χ4v) is 3.44. The van der Waals surface area contributed by atoms with Crippen LogP contribution in [0.25, 0.3) is 6.08 Å². The SMILES string of the molecule is CCOc1cc(C=C2CCc3ccccc3C2=O)ccc1OC(C)C(=O)N(C)C. The van der Waals surface area contributed by atoms with E-state index in [-0.39, 0.29) is 11.7 Å². The predicted molar refractivity (Wildman–Crippen MR) is 113 cm³/mol. The quantitative estimate of drug-likeness (QED) is 0.692. The van der Waals surface area contributed by atoms with Gasteiger partial charge in [0.15, 0.2) is 23.4 Å². The van der Waals surface area contributed by atoms with Crippen LogP contribution in [0, 0.1) is 0 Å². The van der Waals surface area contributed by atoms with Crippen molar-refractivity contribution in [2.45, 2.75) is 32.8 Å². The summed E-state index contributed by atoms with van der Waals surface area (Å²) in [7, 11) is 3.39. The molecule has 0 aromatic heterocycles. The minimum Gasteiger partial charge on any atom is -0.490 e. The smallest absolute Gasteiger partial charge is 0.262 e. The van der Waals surface area contributed by atoms with Crippen LogP contribution >= 0.6 is 0 Å². The molecule has 0 heterocycles. The molecular formula is C24H27NO4. The molecule has 5 nitrogen and oxygen atoms in total. The Morgan fingerprint density at radius 1 is 1.14 bits per heavy atom. The number of ketones is 1. The van der Waals surface area contributed by atoms with E-state index in [2.05, 4.69) is 0 Å². The molecule has 2 aromatic carbocycles. The molecule has 1 aliphatic carbocycles. The second kappa shape index (κ2) is 8.95. The molecule has 0 bridgehead atoms. The first kappa shape index (κ1) is 20.6. The van der Waals surface area contributed by atoms with E-state index in [0.717, 1.165) is 28.7 Å². The Balaban J connectivity index is 1.86. The minimum absolute atomic E-state index is 0.0790. The molecule has 0 N–H and O–H groups in total. The second-order valence-corrected chi connectivity index (χ2v) is 7.29. The third-order valence-corrected chi connectivity index (χ3v) is 4.92. The molecule has 5 heteroatoms. The van der Waals surface area contributed by atoms with Crippen LogP contribution in [0.3, 0.4) is 0 Å². The maximum absolute atomic E-state index is 12.8. The Morgan fingerprint density at radius 3 is 2.62 bits per heavy atom. The highest BCUT2D eigenvalue weighted by molar-refractivity contribution is 6.13. The molecule has 1 unspecified atom stereocenters. The molecule has 3 rings (SSSR count). The first-order valence-corrected chi connectivity index (χ1v) is 9.88. The number of carbonyl (C=O) groups excluding carboxylic acids is 2. The summed E-state index contributed by atoms with van der Waals surface area (Å²) in [5, 5.41) is 0. The fraction of sp³-hybridized carbons (Fsp3) is 0.333. The van der Waals surface area contributed by atoms with Gasteiger partial charge in [-0.2, -0.15) is 0 Å². The van der Waals surface area contributed by atoms with Gasteiger partial charge in [0.05, 0.1) is 6.61 Å². The van der Waals surface area contributed by atoms with Crippen LogP contribution in [0.2, 0.25) is 0 Å². The van der Waals surface area contributed by atoms with Gasteiger partial charge in [0.2, 0.25) is 0 Å². The minimum atomic E-state index is -0.621. The van der Waals surface area contributed by atoms with Crippen molar-refractivity contribution < 1.29 is 19.1 Å². The Labute approximate surface area is 171 Å². The lowest BCUT2D eigenvalue weighted by atomic mass is 9.86. The first-order chi connectivity index (χ1) is 13.9. The zero-order valence-corrected chi connectivity index (χ0v) is 17.4. The zero-order chi connectivity index (χ0) is 21.0. The summed E-state index contributed by atoms with van der Waals surface area (Å²) < 4.78 is 11.6. The summed E-state index contributed by atoms with van der Waals surface area (Å²) in [5.74, 6) is 1.03. The van der Waals surface area contributed by atoms with Crippen LogP contribution in [0.1, 0.15) is 41.8 Å². The van der Waals surface area contributed by atoms with E-state index in [1.54, 1.807) is 27.1 Å². The summed E-state index contributed by atoms with van der Waals surface area (Å²) in [6.07, 6.45) is 2.87. The molecule has 1 amide bonds. The number of fused-ring (bicyclic) bond motifs is 1. The van der Waals surface area contributed by atoms with E-state index in [0.29, 0.717) is 24.5 Å². The topological polar surface area (TPSA) is 55.8 Å². The van der Waals surface area contributed by atoms with Gasteiger partial charge in [-0.15, -0.1) is 0 Å². The second-order valence-electron chi connectivity index (χ2n) is 7.29. The lowest BCUT2D eigenvalue weighted by Crippen LogP contribution is -2.35. The Kier molecular flexibility index (Phi) is 6.37. The summed E-state index contributed by atoms with van der Waals surface area (Å²) >= 11 is 0. The molecular weight excluding hydrogens is 366 g/mol. The summed E-state index contributed by atoms with van der Waals surface area (Å²) in [6, 6.07) is 13.3. The molecule has 2 aromatic rings. The number of benzene rings is 2. The highest BCUT2D eigenvalue weighted by Gasteiger charge is 2.22. The molecule has 29 heavy (non-hydrogen) atoms. The highest BCUT2D eigenvalue weighted by Crippen LogP contribution is 2.32. The maximum Gasteiger partial charge on any atom is 0.262 e. The molecule has 0 radical (unpaired) electrons. The van der Waals surface area contributed by atoms with Gasteiger partial charge in [0.25, 0.3) is 5.91 Å². The first-order valence-electron chi connectivity index (χ1n) is 9.88. The molecule has 0 fully saturated rings. The lowest BCUT2D eigenvalue weighted by Gasteiger charge is -2.20. The normalized spacial score (nSPS) is 15.6. The van der Waals surface area contributed by atoms with Gasteiger partial charge in [0.1, 0.15) is 0 Å². The standard InChI is InChI=1S/C24H27NO4/c1-5-28-22-15-17(10-13-21(22)29-16(2)24(27)25(3)4)14-19-12-11-18-8-6-7-9-20(18)23(19)26/h6-10,13-16H,5,11-12H2,1-4H3. The molecule has 0 aliphatic heterocycles. The Hall–Kier alpha value is -3.08.